The number of aromatic nitrogens is 2. The highest BCUT2D eigenvalue weighted by molar-refractivity contribution is 7.90. The molecule has 1 heterocycles. The van der Waals surface area contributed by atoms with Gasteiger partial charge < -0.3 is 5.11 Å². The number of sulfonamides is 1. The molecule has 0 aliphatic carbocycles. The summed E-state index contributed by atoms with van der Waals surface area (Å²) in [5, 5.41) is 16.7. The highest BCUT2D eigenvalue weighted by atomic mass is 32.2. The zero-order chi connectivity index (χ0) is 16.3. The second-order valence-electron chi connectivity index (χ2n) is 4.34. The fraction of sp³-hybridized carbons (Fsp3) is 0.0833. The van der Waals surface area contributed by atoms with Gasteiger partial charge in [-0.25, -0.2) is 22.7 Å². The lowest BCUT2D eigenvalue weighted by atomic mass is 10.2. The Morgan fingerprint density at radius 1 is 1.23 bits per heavy atom. The van der Waals surface area contributed by atoms with Crippen LogP contribution < -0.4 is 10.0 Å². The van der Waals surface area contributed by atoms with Crippen molar-refractivity contribution < 1.29 is 23.1 Å². The smallest absolute Gasteiger partial charge is 0.341 e. The van der Waals surface area contributed by atoms with E-state index in [2.05, 4.69) is 15.5 Å². The fourth-order valence-corrected chi connectivity index (χ4v) is 2.49. The Balaban J connectivity index is 2.13. The zero-order valence-electron chi connectivity index (χ0n) is 11.3. The maximum absolute atomic E-state index is 12.0. The number of carbonyl (C=O) groups is 2. The summed E-state index contributed by atoms with van der Waals surface area (Å²) < 4.78 is 25.8. The molecule has 2 rings (SSSR count). The van der Waals surface area contributed by atoms with Crippen molar-refractivity contribution in [2.75, 3.05) is 5.32 Å². The van der Waals surface area contributed by atoms with Crippen molar-refractivity contribution in [3.8, 4) is 0 Å². The molecule has 0 bridgehead atoms. The molecule has 1 aromatic heterocycles. The van der Waals surface area contributed by atoms with E-state index in [4.69, 9.17) is 5.11 Å². The maximum Gasteiger partial charge on any atom is 0.341 e. The summed E-state index contributed by atoms with van der Waals surface area (Å²) in [5.74, 6) is -1.53. The molecule has 0 unspecified atom stereocenters. The van der Waals surface area contributed by atoms with Crippen LogP contribution in [0.1, 0.15) is 15.9 Å². The van der Waals surface area contributed by atoms with Crippen molar-refractivity contribution in [3.05, 3.63) is 41.6 Å². The van der Waals surface area contributed by atoms with Gasteiger partial charge >= 0.3 is 12.0 Å². The Kier molecular flexibility index (Phi) is 4.13. The number of hydrogen-bond donors (Lipinski definition) is 4. The average Bonchev–Trinajstić information content (AvgIpc) is 2.86. The molecular weight excluding hydrogens is 312 g/mol. The van der Waals surface area contributed by atoms with Gasteiger partial charge in [-0.05, 0) is 19.1 Å². The molecule has 116 valence electrons. The van der Waals surface area contributed by atoms with Crippen LogP contribution in [0.2, 0.25) is 0 Å². The minimum absolute atomic E-state index is 0.0867. The number of hydrogen-bond acceptors (Lipinski definition) is 5. The summed E-state index contributed by atoms with van der Waals surface area (Å²) >= 11 is 0. The van der Waals surface area contributed by atoms with E-state index in [9.17, 15) is 18.0 Å². The van der Waals surface area contributed by atoms with Crippen LogP contribution in [0.4, 0.5) is 10.6 Å². The molecule has 0 saturated heterocycles. The normalized spacial score (nSPS) is 11.0. The Labute approximate surface area is 125 Å². The number of aromatic carboxylic acids is 1. The highest BCUT2D eigenvalue weighted by Gasteiger charge is 2.20. The number of benzene rings is 1. The SMILES string of the molecule is Cc1ccc(S(=O)(=O)NC(=O)Nc2[nH]ncc2C(=O)O)cc1. The van der Waals surface area contributed by atoms with Gasteiger partial charge in [0.05, 0.1) is 11.1 Å². The summed E-state index contributed by atoms with van der Waals surface area (Å²) in [5.41, 5.74) is 0.579. The van der Waals surface area contributed by atoms with Gasteiger partial charge in [-0.1, -0.05) is 17.7 Å². The lowest BCUT2D eigenvalue weighted by Gasteiger charge is -2.08. The van der Waals surface area contributed by atoms with Gasteiger partial charge in [-0.15, -0.1) is 0 Å². The third-order valence-corrected chi connectivity index (χ3v) is 4.01. The Morgan fingerprint density at radius 2 is 1.86 bits per heavy atom. The summed E-state index contributed by atoms with van der Waals surface area (Å²) in [6.07, 6.45) is 0.992. The van der Waals surface area contributed by atoms with Crippen molar-refractivity contribution in [1.82, 2.24) is 14.9 Å². The van der Waals surface area contributed by atoms with Gasteiger partial charge in [-0.2, -0.15) is 5.10 Å². The first-order chi connectivity index (χ1) is 10.3. The van der Waals surface area contributed by atoms with Crippen LogP contribution >= 0.6 is 0 Å². The monoisotopic (exact) mass is 324 g/mol. The molecule has 0 aliphatic rings. The number of carboxylic acid groups (broad SMARTS) is 1. The topological polar surface area (TPSA) is 141 Å². The van der Waals surface area contributed by atoms with Crippen LogP contribution in [0.25, 0.3) is 0 Å². The third kappa shape index (κ3) is 3.41. The number of urea groups is 1. The Bertz CT molecular complexity index is 810. The van der Waals surface area contributed by atoms with Gasteiger partial charge in [0.25, 0.3) is 10.0 Å². The largest absolute Gasteiger partial charge is 0.477 e. The van der Waals surface area contributed by atoms with Crippen molar-refractivity contribution >= 4 is 27.8 Å². The van der Waals surface area contributed by atoms with E-state index < -0.39 is 22.0 Å². The summed E-state index contributed by atoms with van der Waals surface area (Å²) in [6.45, 7) is 1.79. The van der Waals surface area contributed by atoms with Gasteiger partial charge in [0.1, 0.15) is 11.4 Å². The van der Waals surface area contributed by atoms with E-state index in [0.29, 0.717) is 0 Å². The minimum Gasteiger partial charge on any atom is -0.477 e. The van der Waals surface area contributed by atoms with E-state index in [-0.39, 0.29) is 16.3 Å². The van der Waals surface area contributed by atoms with E-state index in [0.717, 1.165) is 11.8 Å². The van der Waals surface area contributed by atoms with Gasteiger partial charge in [0.15, 0.2) is 0 Å². The number of nitrogens with one attached hydrogen (secondary N) is 3. The molecule has 2 aromatic rings. The fourth-order valence-electron chi connectivity index (χ4n) is 1.58. The summed E-state index contributed by atoms with van der Waals surface area (Å²) in [7, 11) is -4.06. The molecule has 22 heavy (non-hydrogen) atoms. The predicted molar refractivity (Wildman–Crippen MR) is 76.1 cm³/mol. The average molecular weight is 324 g/mol. The molecule has 10 heteroatoms. The third-order valence-electron chi connectivity index (χ3n) is 2.67. The van der Waals surface area contributed by atoms with E-state index in [1.54, 1.807) is 23.8 Å². The Morgan fingerprint density at radius 3 is 2.45 bits per heavy atom. The van der Waals surface area contributed by atoms with E-state index >= 15 is 0 Å². The first-order valence-electron chi connectivity index (χ1n) is 5.97. The molecule has 2 amide bonds. The quantitative estimate of drug-likeness (QED) is 0.659. The number of anilines is 1. The molecule has 0 atom stereocenters. The molecule has 0 spiro atoms. The number of carbonyl (C=O) groups excluding carboxylic acids is 1. The molecule has 4 N–H and O–H groups in total. The van der Waals surface area contributed by atoms with Crippen molar-refractivity contribution in [2.45, 2.75) is 11.8 Å². The first-order valence-corrected chi connectivity index (χ1v) is 7.45. The van der Waals surface area contributed by atoms with Crippen LogP contribution in [-0.4, -0.2) is 35.7 Å². The van der Waals surface area contributed by atoms with E-state index in [1.165, 1.54) is 12.1 Å². The summed E-state index contributed by atoms with van der Waals surface area (Å²) in [6, 6.07) is 4.77. The number of amides is 2. The van der Waals surface area contributed by atoms with Crippen LogP contribution in [0, 0.1) is 6.92 Å². The van der Waals surface area contributed by atoms with Crippen LogP contribution in [0.3, 0.4) is 0 Å². The van der Waals surface area contributed by atoms with E-state index in [1.807, 2.05) is 0 Å². The second kappa shape index (κ2) is 5.85. The second-order valence-corrected chi connectivity index (χ2v) is 6.02. The number of aryl methyl sites for hydroxylation is 1. The van der Waals surface area contributed by atoms with Gasteiger partial charge in [0.2, 0.25) is 0 Å². The maximum atomic E-state index is 12.0. The van der Waals surface area contributed by atoms with Crippen molar-refractivity contribution in [1.29, 1.82) is 0 Å². The molecule has 1 aromatic carbocycles. The number of H-pyrrole nitrogens is 1. The van der Waals surface area contributed by atoms with Gasteiger partial charge in [-0.3, -0.25) is 10.4 Å². The van der Waals surface area contributed by atoms with Gasteiger partial charge in [0, 0.05) is 0 Å². The Hall–Kier alpha value is -2.88. The minimum atomic E-state index is -4.06. The standard InChI is InChI=1S/C12H12N4O5S/c1-7-2-4-8(5-3-7)22(20,21)16-12(19)14-10-9(11(17)18)6-13-15-10/h2-6H,1H3,(H,17,18)(H3,13,14,15,16,19). The number of carboxylic acids is 1. The van der Waals surface area contributed by atoms with Crippen LogP contribution in [0.5, 0.6) is 0 Å². The summed E-state index contributed by atoms with van der Waals surface area (Å²) in [4.78, 5) is 22.5. The van der Waals surface area contributed by atoms with Crippen LogP contribution in [0.15, 0.2) is 35.4 Å². The molecule has 9 nitrogen and oxygen atoms in total. The molecule has 0 fully saturated rings. The lowest BCUT2D eigenvalue weighted by molar-refractivity contribution is 0.0698. The predicted octanol–water partition coefficient (Wildman–Crippen LogP) is 0.927. The molecule has 0 radical (unpaired) electrons. The zero-order valence-corrected chi connectivity index (χ0v) is 12.1. The number of nitrogens with zero attached hydrogens (tertiary/aromatic N) is 1. The van der Waals surface area contributed by atoms with Crippen molar-refractivity contribution in [2.24, 2.45) is 0 Å². The molecular formula is C12H12N4O5S. The number of rotatable bonds is 4. The lowest BCUT2D eigenvalue weighted by Crippen LogP contribution is -2.34. The number of aromatic amines is 1. The molecule has 0 saturated carbocycles. The van der Waals surface area contributed by atoms with Crippen LogP contribution in [-0.2, 0) is 10.0 Å². The molecule has 0 aliphatic heterocycles. The first kappa shape index (κ1) is 15.5. The highest BCUT2D eigenvalue weighted by Crippen LogP contribution is 2.12. The van der Waals surface area contributed by atoms with Crippen molar-refractivity contribution in [3.63, 3.8) is 0 Å².